The van der Waals surface area contributed by atoms with Crippen molar-refractivity contribution >= 4 is 0 Å². The summed E-state index contributed by atoms with van der Waals surface area (Å²) in [6, 6.07) is 0. The molecule has 0 radical (unpaired) electrons. The number of unbranched alkanes of at least 4 members (excludes halogenated alkanes) is 1. The van der Waals surface area contributed by atoms with Crippen LogP contribution in [0.5, 0.6) is 0 Å². The molecule has 0 saturated carbocycles. The van der Waals surface area contributed by atoms with Crippen molar-refractivity contribution in [3.63, 3.8) is 0 Å². The van der Waals surface area contributed by atoms with Crippen molar-refractivity contribution in [3.8, 4) is 12.3 Å². The minimum Gasteiger partial charge on any atom is -0.389 e. The summed E-state index contributed by atoms with van der Waals surface area (Å²) in [5, 5.41) is 12.9. The van der Waals surface area contributed by atoms with E-state index in [1.165, 1.54) is 0 Å². The smallest absolute Gasteiger partial charge is 0.0897 e. The van der Waals surface area contributed by atoms with E-state index in [2.05, 4.69) is 18.2 Å². The number of rotatable bonds is 10. The topological polar surface area (TPSA) is 41.5 Å². The zero-order valence-corrected chi connectivity index (χ0v) is 11.5. The van der Waals surface area contributed by atoms with Gasteiger partial charge < -0.3 is 15.2 Å². The average molecular weight is 241 g/mol. The van der Waals surface area contributed by atoms with E-state index in [4.69, 9.17) is 11.2 Å². The largest absolute Gasteiger partial charge is 0.389 e. The van der Waals surface area contributed by atoms with Crippen LogP contribution in [0.25, 0.3) is 0 Å². The van der Waals surface area contributed by atoms with Crippen LogP contribution in [0.3, 0.4) is 0 Å². The predicted molar refractivity (Wildman–Crippen MR) is 71.9 cm³/mol. The SMILES string of the molecule is C#CCC(C)(CC)OCC(O)CNCCCC. The second-order valence-electron chi connectivity index (χ2n) is 4.71. The Morgan fingerprint density at radius 2 is 2.18 bits per heavy atom. The second kappa shape index (κ2) is 9.47. The Hall–Kier alpha value is -0.560. The maximum atomic E-state index is 9.74. The molecule has 2 N–H and O–H groups in total. The molecule has 0 aromatic carbocycles. The van der Waals surface area contributed by atoms with E-state index < -0.39 is 6.10 Å². The monoisotopic (exact) mass is 241 g/mol. The van der Waals surface area contributed by atoms with Crippen LogP contribution in [0, 0.1) is 12.3 Å². The van der Waals surface area contributed by atoms with Gasteiger partial charge in [0.25, 0.3) is 0 Å². The molecule has 0 aromatic rings. The van der Waals surface area contributed by atoms with Gasteiger partial charge in [-0.25, -0.2) is 0 Å². The molecule has 0 aliphatic rings. The Morgan fingerprint density at radius 1 is 1.47 bits per heavy atom. The maximum Gasteiger partial charge on any atom is 0.0897 e. The number of aliphatic hydroxyl groups excluding tert-OH is 1. The Balaban J connectivity index is 3.74. The molecule has 0 aliphatic heterocycles. The minimum absolute atomic E-state index is 0.306. The van der Waals surface area contributed by atoms with Gasteiger partial charge in [0, 0.05) is 13.0 Å². The maximum absolute atomic E-state index is 9.74. The zero-order chi connectivity index (χ0) is 13.1. The number of hydrogen-bond acceptors (Lipinski definition) is 3. The summed E-state index contributed by atoms with van der Waals surface area (Å²) < 4.78 is 5.71. The first-order valence-electron chi connectivity index (χ1n) is 6.54. The van der Waals surface area contributed by atoms with E-state index in [1.54, 1.807) is 0 Å². The molecule has 100 valence electrons. The van der Waals surface area contributed by atoms with Gasteiger partial charge in [0.15, 0.2) is 0 Å². The van der Waals surface area contributed by atoms with E-state index >= 15 is 0 Å². The number of aliphatic hydroxyl groups is 1. The van der Waals surface area contributed by atoms with Crippen LogP contribution in [-0.4, -0.2) is 36.5 Å². The summed E-state index contributed by atoms with van der Waals surface area (Å²) in [7, 11) is 0. The first-order valence-corrected chi connectivity index (χ1v) is 6.54. The van der Waals surface area contributed by atoms with Gasteiger partial charge in [0.2, 0.25) is 0 Å². The molecular weight excluding hydrogens is 214 g/mol. The molecular formula is C14H27NO2. The lowest BCUT2D eigenvalue weighted by molar-refractivity contribution is -0.0679. The lowest BCUT2D eigenvalue weighted by atomic mass is 9.99. The summed E-state index contributed by atoms with van der Waals surface area (Å²) in [6.45, 7) is 8.05. The zero-order valence-electron chi connectivity index (χ0n) is 11.5. The van der Waals surface area contributed by atoms with Crippen molar-refractivity contribution in [2.24, 2.45) is 0 Å². The Bertz CT molecular complexity index is 225. The third-order valence-electron chi connectivity index (χ3n) is 2.94. The summed E-state index contributed by atoms with van der Waals surface area (Å²) >= 11 is 0. The van der Waals surface area contributed by atoms with Crippen LogP contribution >= 0.6 is 0 Å². The summed E-state index contributed by atoms with van der Waals surface area (Å²) in [6.07, 6.45) is 8.58. The highest BCUT2D eigenvalue weighted by molar-refractivity contribution is 4.93. The molecule has 0 bridgehead atoms. The quantitative estimate of drug-likeness (QED) is 0.454. The predicted octanol–water partition coefficient (Wildman–Crippen LogP) is 1.95. The molecule has 3 heteroatoms. The molecule has 17 heavy (non-hydrogen) atoms. The van der Waals surface area contributed by atoms with Crippen LogP contribution in [0.1, 0.15) is 46.5 Å². The van der Waals surface area contributed by atoms with Crippen LogP contribution < -0.4 is 5.32 Å². The minimum atomic E-state index is -0.462. The molecule has 0 heterocycles. The van der Waals surface area contributed by atoms with Gasteiger partial charge in [-0.05, 0) is 26.3 Å². The molecule has 0 aliphatic carbocycles. The second-order valence-corrected chi connectivity index (χ2v) is 4.71. The van der Waals surface area contributed by atoms with Crippen LogP contribution in [0.15, 0.2) is 0 Å². The first kappa shape index (κ1) is 16.4. The standard InChI is InChI=1S/C14H27NO2/c1-5-8-10-15-11-13(16)12-17-14(4,7-3)9-6-2/h2,13,15-16H,5,7-12H2,1,3-4H3. The fourth-order valence-electron chi connectivity index (χ4n) is 1.42. The van der Waals surface area contributed by atoms with Gasteiger partial charge in [-0.15, -0.1) is 12.3 Å². The van der Waals surface area contributed by atoms with Gasteiger partial charge in [-0.3, -0.25) is 0 Å². The molecule has 2 unspecified atom stereocenters. The van der Waals surface area contributed by atoms with E-state index in [0.717, 1.165) is 25.8 Å². The van der Waals surface area contributed by atoms with Crippen LogP contribution in [0.2, 0.25) is 0 Å². The van der Waals surface area contributed by atoms with Gasteiger partial charge in [0.1, 0.15) is 0 Å². The Labute approximate surface area is 106 Å². The van der Waals surface area contributed by atoms with E-state index in [-0.39, 0.29) is 5.60 Å². The molecule has 2 atom stereocenters. The van der Waals surface area contributed by atoms with Gasteiger partial charge in [-0.2, -0.15) is 0 Å². The summed E-state index contributed by atoms with van der Waals surface area (Å²) in [5.41, 5.74) is -0.306. The average Bonchev–Trinajstić information content (AvgIpc) is 2.32. The molecule has 0 aromatic heterocycles. The fraction of sp³-hybridized carbons (Fsp3) is 0.857. The van der Waals surface area contributed by atoms with Crippen molar-refractivity contribution in [2.75, 3.05) is 19.7 Å². The summed E-state index contributed by atoms with van der Waals surface area (Å²) in [5.74, 6) is 2.62. The molecule has 0 fully saturated rings. The molecule has 0 amide bonds. The summed E-state index contributed by atoms with van der Waals surface area (Å²) in [4.78, 5) is 0. The van der Waals surface area contributed by atoms with Crippen molar-refractivity contribution in [2.45, 2.75) is 58.2 Å². The first-order chi connectivity index (χ1) is 8.08. The van der Waals surface area contributed by atoms with Crippen molar-refractivity contribution in [3.05, 3.63) is 0 Å². The third-order valence-corrected chi connectivity index (χ3v) is 2.94. The van der Waals surface area contributed by atoms with E-state index in [1.807, 2.05) is 13.8 Å². The lowest BCUT2D eigenvalue weighted by Crippen LogP contribution is -2.36. The lowest BCUT2D eigenvalue weighted by Gasteiger charge is -2.28. The number of nitrogens with one attached hydrogen (secondary N) is 1. The van der Waals surface area contributed by atoms with Gasteiger partial charge in [0.05, 0.1) is 18.3 Å². The highest BCUT2D eigenvalue weighted by atomic mass is 16.5. The van der Waals surface area contributed by atoms with Crippen molar-refractivity contribution in [1.82, 2.24) is 5.32 Å². The van der Waals surface area contributed by atoms with Crippen LogP contribution in [0.4, 0.5) is 0 Å². The molecule has 0 spiro atoms. The number of ether oxygens (including phenoxy) is 1. The van der Waals surface area contributed by atoms with Crippen LogP contribution in [-0.2, 0) is 4.74 Å². The number of hydrogen-bond donors (Lipinski definition) is 2. The fourth-order valence-corrected chi connectivity index (χ4v) is 1.42. The van der Waals surface area contributed by atoms with Crippen molar-refractivity contribution < 1.29 is 9.84 Å². The Kier molecular flexibility index (Phi) is 9.16. The van der Waals surface area contributed by atoms with E-state index in [9.17, 15) is 5.11 Å². The van der Waals surface area contributed by atoms with Gasteiger partial charge in [-0.1, -0.05) is 20.3 Å². The normalized spacial score (nSPS) is 16.2. The molecule has 0 rings (SSSR count). The number of terminal acetylenes is 1. The molecule has 3 nitrogen and oxygen atoms in total. The van der Waals surface area contributed by atoms with Gasteiger partial charge >= 0.3 is 0 Å². The molecule has 0 saturated heterocycles. The van der Waals surface area contributed by atoms with E-state index in [0.29, 0.717) is 19.6 Å². The highest BCUT2D eigenvalue weighted by Crippen LogP contribution is 2.19. The third kappa shape index (κ3) is 8.20. The Morgan fingerprint density at radius 3 is 2.71 bits per heavy atom. The van der Waals surface area contributed by atoms with Crippen molar-refractivity contribution in [1.29, 1.82) is 0 Å². The highest BCUT2D eigenvalue weighted by Gasteiger charge is 2.22.